The first kappa shape index (κ1) is 17.5. The maximum absolute atomic E-state index is 9.19. The van der Waals surface area contributed by atoms with Gasteiger partial charge in [-0.2, -0.15) is 0 Å². The molecule has 0 amide bonds. The molecule has 4 N–H and O–H groups in total. The lowest BCUT2D eigenvalue weighted by Gasteiger charge is -2.24. The Bertz CT molecular complexity index is 565. The molecule has 0 saturated heterocycles. The van der Waals surface area contributed by atoms with Gasteiger partial charge in [-0.3, -0.25) is 0 Å². The van der Waals surface area contributed by atoms with Gasteiger partial charge in [0.15, 0.2) is 0 Å². The fourth-order valence-electron chi connectivity index (χ4n) is 2.29. The van der Waals surface area contributed by atoms with Crippen molar-refractivity contribution in [2.45, 2.75) is 24.8 Å². The van der Waals surface area contributed by atoms with Crippen LogP contribution < -0.4 is 10.5 Å². The smallest absolute Gasteiger partial charge is 0.119 e. The lowest BCUT2D eigenvalue weighted by atomic mass is 9.94. The van der Waals surface area contributed by atoms with Gasteiger partial charge in [0, 0.05) is 6.42 Å². The molecule has 0 aromatic heterocycles. The Kier molecular flexibility index (Phi) is 6.59. The minimum absolute atomic E-state index is 0.218. The van der Waals surface area contributed by atoms with Gasteiger partial charge in [0.05, 0.1) is 25.4 Å². The molecule has 0 bridgehead atoms. The summed E-state index contributed by atoms with van der Waals surface area (Å²) in [4.78, 5) is 0. The molecule has 2 rings (SSSR count). The molecule has 0 spiro atoms. The molecule has 0 saturated carbocycles. The van der Waals surface area contributed by atoms with Gasteiger partial charge < -0.3 is 20.7 Å². The Morgan fingerprint density at radius 2 is 1.43 bits per heavy atom. The summed E-state index contributed by atoms with van der Waals surface area (Å²) < 4.78 is 5.75. The topological polar surface area (TPSA) is 75.7 Å². The van der Waals surface area contributed by atoms with E-state index in [0.717, 1.165) is 17.7 Å². The molecular weight excluding hydrogens is 290 g/mol. The number of rotatable bonds is 9. The first-order chi connectivity index (χ1) is 11.1. The van der Waals surface area contributed by atoms with E-state index in [1.54, 1.807) is 0 Å². The summed E-state index contributed by atoms with van der Waals surface area (Å²) in [5.41, 5.74) is 7.33. The summed E-state index contributed by atoms with van der Waals surface area (Å²) in [5.74, 6) is 0.841. The number of hydrogen-bond donors (Lipinski definition) is 3. The molecule has 23 heavy (non-hydrogen) atoms. The van der Waals surface area contributed by atoms with Crippen LogP contribution in [-0.4, -0.2) is 35.6 Å². The number of ether oxygens (including phenoxy) is 1. The first-order valence-corrected chi connectivity index (χ1v) is 7.91. The Labute approximate surface area is 137 Å². The summed E-state index contributed by atoms with van der Waals surface area (Å²) in [5, 5.41) is 18.4. The van der Waals surface area contributed by atoms with Gasteiger partial charge in [0.2, 0.25) is 0 Å². The normalized spacial score (nSPS) is 11.4. The summed E-state index contributed by atoms with van der Waals surface area (Å²) in [6.07, 6.45) is 2.13. The van der Waals surface area contributed by atoms with E-state index < -0.39 is 5.54 Å². The highest BCUT2D eigenvalue weighted by Crippen LogP contribution is 2.16. The predicted octanol–water partition coefficient (Wildman–Crippen LogP) is 1.92. The predicted molar refractivity (Wildman–Crippen MR) is 91.5 cm³/mol. The van der Waals surface area contributed by atoms with Crippen molar-refractivity contribution in [2.75, 3.05) is 19.8 Å². The van der Waals surface area contributed by atoms with Crippen molar-refractivity contribution in [1.29, 1.82) is 0 Å². The Balaban J connectivity index is 1.78. The van der Waals surface area contributed by atoms with Crippen LogP contribution in [-0.2, 0) is 12.8 Å². The first-order valence-electron chi connectivity index (χ1n) is 7.91. The maximum atomic E-state index is 9.19. The van der Waals surface area contributed by atoms with Gasteiger partial charge in [-0.15, -0.1) is 0 Å². The molecular formula is C19H25NO3. The third kappa shape index (κ3) is 5.67. The highest BCUT2D eigenvalue weighted by Gasteiger charge is 2.22. The van der Waals surface area contributed by atoms with Crippen molar-refractivity contribution < 1.29 is 14.9 Å². The van der Waals surface area contributed by atoms with Crippen LogP contribution in [0.4, 0.5) is 0 Å². The minimum atomic E-state index is -0.912. The monoisotopic (exact) mass is 315 g/mol. The Morgan fingerprint density at radius 3 is 2.04 bits per heavy atom. The Hall–Kier alpha value is -1.88. The van der Waals surface area contributed by atoms with Crippen molar-refractivity contribution in [3.05, 3.63) is 65.7 Å². The second-order valence-corrected chi connectivity index (χ2v) is 5.91. The number of aliphatic hydroxyl groups is 2. The van der Waals surface area contributed by atoms with Crippen molar-refractivity contribution in [1.82, 2.24) is 0 Å². The van der Waals surface area contributed by atoms with Crippen molar-refractivity contribution >= 4 is 0 Å². The lowest BCUT2D eigenvalue weighted by molar-refractivity contribution is 0.115. The third-order valence-electron chi connectivity index (χ3n) is 3.97. The van der Waals surface area contributed by atoms with Crippen molar-refractivity contribution in [2.24, 2.45) is 5.73 Å². The molecule has 0 aliphatic rings. The fourth-order valence-corrected chi connectivity index (χ4v) is 2.29. The number of nitrogens with two attached hydrogens (primary N) is 1. The summed E-state index contributed by atoms with van der Waals surface area (Å²) in [6, 6.07) is 18.1. The van der Waals surface area contributed by atoms with Crippen LogP contribution in [0.25, 0.3) is 0 Å². The lowest BCUT2D eigenvalue weighted by Crippen LogP contribution is -2.47. The molecule has 2 aromatic carbocycles. The van der Waals surface area contributed by atoms with Crippen LogP contribution in [0.1, 0.15) is 17.5 Å². The highest BCUT2D eigenvalue weighted by atomic mass is 16.5. The largest absolute Gasteiger partial charge is 0.493 e. The van der Waals surface area contributed by atoms with E-state index in [1.165, 1.54) is 5.56 Å². The molecule has 0 atom stereocenters. The quantitative estimate of drug-likeness (QED) is 0.661. The third-order valence-corrected chi connectivity index (χ3v) is 3.97. The van der Waals surface area contributed by atoms with Crippen molar-refractivity contribution in [3.8, 4) is 5.75 Å². The average Bonchev–Trinajstić information content (AvgIpc) is 2.62. The zero-order valence-electron chi connectivity index (χ0n) is 13.3. The highest BCUT2D eigenvalue weighted by molar-refractivity contribution is 5.27. The van der Waals surface area contributed by atoms with Gasteiger partial charge in [-0.25, -0.2) is 0 Å². The summed E-state index contributed by atoms with van der Waals surface area (Å²) in [6.45, 7) is 0.207. The van der Waals surface area contributed by atoms with Crippen LogP contribution >= 0.6 is 0 Å². The number of aryl methyl sites for hydroxylation is 1. The summed E-state index contributed by atoms with van der Waals surface area (Å²) >= 11 is 0. The van der Waals surface area contributed by atoms with Crippen LogP contribution in [0.2, 0.25) is 0 Å². The molecule has 0 heterocycles. The Morgan fingerprint density at radius 1 is 0.826 bits per heavy atom. The summed E-state index contributed by atoms with van der Waals surface area (Å²) in [7, 11) is 0. The van der Waals surface area contributed by atoms with E-state index in [4.69, 9.17) is 10.5 Å². The van der Waals surface area contributed by atoms with Gasteiger partial charge in [0.25, 0.3) is 0 Å². The van der Waals surface area contributed by atoms with Crippen LogP contribution in [0.15, 0.2) is 54.6 Å². The molecule has 0 aliphatic carbocycles. The average molecular weight is 315 g/mol. The molecule has 124 valence electrons. The van der Waals surface area contributed by atoms with Crippen molar-refractivity contribution in [3.63, 3.8) is 0 Å². The molecule has 4 heteroatoms. The minimum Gasteiger partial charge on any atom is -0.493 e. The zero-order chi connectivity index (χ0) is 16.5. The SMILES string of the molecule is NC(CO)(CO)CCc1ccc(OCCc2ccccc2)cc1. The number of benzene rings is 2. The molecule has 0 radical (unpaired) electrons. The molecule has 4 nitrogen and oxygen atoms in total. The standard InChI is InChI=1S/C19H25NO3/c20-19(14-21,15-22)12-10-17-6-8-18(9-7-17)23-13-11-16-4-2-1-3-5-16/h1-9,21-22H,10-15,20H2. The van der Waals surface area contributed by atoms with E-state index in [1.807, 2.05) is 42.5 Å². The zero-order valence-corrected chi connectivity index (χ0v) is 13.3. The second-order valence-electron chi connectivity index (χ2n) is 5.91. The second kappa shape index (κ2) is 8.67. The molecule has 2 aromatic rings. The number of hydrogen-bond acceptors (Lipinski definition) is 4. The maximum Gasteiger partial charge on any atom is 0.119 e. The van der Waals surface area contributed by atoms with Crippen LogP contribution in [0.5, 0.6) is 5.75 Å². The van der Waals surface area contributed by atoms with E-state index >= 15 is 0 Å². The fraction of sp³-hybridized carbons (Fsp3) is 0.368. The number of aliphatic hydroxyl groups excluding tert-OH is 2. The van der Waals surface area contributed by atoms with E-state index in [2.05, 4.69) is 12.1 Å². The van der Waals surface area contributed by atoms with E-state index in [0.29, 0.717) is 19.4 Å². The van der Waals surface area contributed by atoms with E-state index in [9.17, 15) is 10.2 Å². The van der Waals surface area contributed by atoms with E-state index in [-0.39, 0.29) is 13.2 Å². The van der Waals surface area contributed by atoms with Gasteiger partial charge in [-0.05, 0) is 36.1 Å². The van der Waals surface area contributed by atoms with Gasteiger partial charge in [0.1, 0.15) is 5.75 Å². The molecule has 0 aliphatic heterocycles. The van der Waals surface area contributed by atoms with Gasteiger partial charge in [-0.1, -0.05) is 42.5 Å². The van der Waals surface area contributed by atoms with Crippen LogP contribution in [0.3, 0.4) is 0 Å². The van der Waals surface area contributed by atoms with Crippen LogP contribution in [0, 0.1) is 0 Å². The molecule has 0 fully saturated rings. The molecule has 0 unspecified atom stereocenters. The van der Waals surface area contributed by atoms with Gasteiger partial charge >= 0.3 is 0 Å².